The second-order valence-electron chi connectivity index (χ2n) is 14.9. The summed E-state index contributed by atoms with van der Waals surface area (Å²) < 4.78 is 2.17. The Bertz CT molecular complexity index is 854. The minimum absolute atomic E-state index is 0.0808. The summed E-state index contributed by atoms with van der Waals surface area (Å²) in [7, 11) is 0. The molecule has 0 aromatic carbocycles. The Morgan fingerprint density at radius 2 is 1.76 bits per heavy atom. The van der Waals surface area contributed by atoms with E-state index in [0.29, 0.717) is 28.7 Å². The van der Waals surface area contributed by atoms with Crippen molar-refractivity contribution in [3.8, 4) is 0 Å². The Morgan fingerprint density at radius 3 is 2.51 bits per heavy atom. The summed E-state index contributed by atoms with van der Waals surface area (Å²) in [4.78, 5) is 4.16. The van der Waals surface area contributed by atoms with Gasteiger partial charge in [-0.3, -0.25) is 0 Å². The molecule has 4 nitrogen and oxygen atoms in total. The van der Waals surface area contributed by atoms with Crippen molar-refractivity contribution in [2.45, 2.75) is 130 Å². The molecule has 4 heteroatoms. The number of hydrogen-bond donors (Lipinski definition) is 2. The number of rotatable bonds is 10. The lowest BCUT2D eigenvalue weighted by atomic mass is 9.43. The fraction of sp³-hybridized carbons (Fsp3) is 0.909. The predicted molar refractivity (Wildman–Crippen MR) is 153 cm³/mol. The fourth-order valence-electron chi connectivity index (χ4n) is 10.4. The molecule has 2 N–H and O–H groups in total. The molecule has 5 rings (SSSR count). The smallest absolute Gasteiger partial charge is 0.0945 e. The molecule has 4 fully saturated rings. The van der Waals surface area contributed by atoms with Gasteiger partial charge in [-0.1, -0.05) is 53.9 Å². The van der Waals surface area contributed by atoms with Crippen LogP contribution in [0.1, 0.15) is 112 Å². The number of aliphatic hydroxyl groups excluding tert-OH is 1. The third-order valence-electron chi connectivity index (χ3n) is 12.5. The van der Waals surface area contributed by atoms with Crippen molar-refractivity contribution in [3.63, 3.8) is 0 Å². The normalized spacial score (nSPS) is 42.3. The number of aryl methyl sites for hydroxylation is 1. The predicted octanol–water partition coefficient (Wildman–Crippen LogP) is 7.32. The van der Waals surface area contributed by atoms with Gasteiger partial charge < -0.3 is 15.0 Å². The van der Waals surface area contributed by atoms with E-state index in [0.717, 1.165) is 55.5 Å². The number of aromatic nitrogens is 2. The Morgan fingerprint density at radius 1 is 0.973 bits per heavy atom. The highest BCUT2D eigenvalue weighted by molar-refractivity contribution is 5.12. The molecule has 0 aliphatic heterocycles. The Kier molecular flexibility index (Phi) is 8.47. The van der Waals surface area contributed by atoms with E-state index in [1.54, 1.807) is 0 Å². The van der Waals surface area contributed by atoms with Crippen LogP contribution in [0.4, 0.5) is 0 Å². The molecular formula is C33H57N3O. The number of nitrogens with zero attached hydrogens (tertiary/aromatic N) is 2. The third-order valence-corrected chi connectivity index (χ3v) is 12.5. The minimum atomic E-state index is -0.0808. The number of fused-ring (bicyclic) bond motifs is 5. The van der Waals surface area contributed by atoms with Crippen LogP contribution in [0.25, 0.3) is 0 Å². The number of nitrogens with one attached hydrogen (secondary N) is 1. The maximum Gasteiger partial charge on any atom is 0.0945 e. The Labute approximate surface area is 227 Å². The van der Waals surface area contributed by atoms with Crippen LogP contribution in [-0.4, -0.2) is 33.3 Å². The summed E-state index contributed by atoms with van der Waals surface area (Å²) >= 11 is 0. The third kappa shape index (κ3) is 5.45. The second-order valence-corrected chi connectivity index (χ2v) is 14.9. The maximum absolute atomic E-state index is 11.7. The molecule has 1 aromatic rings. The van der Waals surface area contributed by atoms with Crippen molar-refractivity contribution in [2.75, 3.05) is 6.54 Å². The zero-order valence-electron chi connectivity index (χ0n) is 24.7. The first kappa shape index (κ1) is 27.7. The lowest BCUT2D eigenvalue weighted by Gasteiger charge is -2.62. The van der Waals surface area contributed by atoms with Gasteiger partial charge in [0.25, 0.3) is 0 Å². The molecule has 4 aliphatic rings. The Balaban J connectivity index is 1.19. The lowest BCUT2D eigenvalue weighted by molar-refractivity contribution is -0.167. The first-order valence-electron chi connectivity index (χ1n) is 16.1. The zero-order valence-corrected chi connectivity index (χ0v) is 24.7. The van der Waals surface area contributed by atoms with E-state index in [2.05, 4.69) is 55.7 Å². The maximum atomic E-state index is 11.7. The van der Waals surface area contributed by atoms with Gasteiger partial charge in [0.1, 0.15) is 0 Å². The highest BCUT2D eigenvalue weighted by Gasteiger charge is 2.62. The van der Waals surface area contributed by atoms with Gasteiger partial charge in [0.2, 0.25) is 0 Å². The van der Waals surface area contributed by atoms with Crippen LogP contribution in [0.3, 0.4) is 0 Å². The van der Waals surface area contributed by atoms with Crippen molar-refractivity contribution in [1.82, 2.24) is 14.9 Å². The molecule has 4 saturated carbocycles. The van der Waals surface area contributed by atoms with Gasteiger partial charge in [0.15, 0.2) is 0 Å². The van der Waals surface area contributed by atoms with Crippen LogP contribution in [0, 0.1) is 52.3 Å². The van der Waals surface area contributed by atoms with E-state index in [4.69, 9.17) is 0 Å². The zero-order chi connectivity index (χ0) is 26.2. The van der Waals surface area contributed by atoms with Crippen molar-refractivity contribution in [3.05, 3.63) is 18.7 Å². The first-order chi connectivity index (χ1) is 17.7. The van der Waals surface area contributed by atoms with Crippen LogP contribution in [0.2, 0.25) is 0 Å². The summed E-state index contributed by atoms with van der Waals surface area (Å²) in [6, 6.07) is 0.626. The van der Waals surface area contributed by atoms with Crippen LogP contribution in [0.5, 0.6) is 0 Å². The van der Waals surface area contributed by atoms with Crippen molar-refractivity contribution in [1.29, 1.82) is 0 Å². The van der Waals surface area contributed by atoms with Gasteiger partial charge >= 0.3 is 0 Å². The molecule has 0 saturated heterocycles. The van der Waals surface area contributed by atoms with Crippen LogP contribution in [0.15, 0.2) is 18.7 Å². The van der Waals surface area contributed by atoms with E-state index < -0.39 is 0 Å². The number of hydrogen-bond acceptors (Lipinski definition) is 3. The highest BCUT2D eigenvalue weighted by atomic mass is 16.3. The SMILES string of the molecule is CC(C)CCC[C@@H](C)C1CCC2C3C(CC[C@@]21C)[C@@]1(C)CC[C@H](NCCCn2ccnc2)C[C@@H]1C[C@H]3O. The lowest BCUT2D eigenvalue weighted by Crippen LogP contribution is -2.59. The summed E-state index contributed by atoms with van der Waals surface area (Å²) in [5, 5.41) is 15.6. The molecule has 10 atom stereocenters. The van der Waals surface area contributed by atoms with Crippen LogP contribution < -0.4 is 5.32 Å². The molecule has 0 amide bonds. The first-order valence-corrected chi connectivity index (χ1v) is 16.1. The van der Waals surface area contributed by atoms with E-state index >= 15 is 0 Å². The molecule has 0 bridgehead atoms. The fourth-order valence-corrected chi connectivity index (χ4v) is 10.4. The molecule has 210 valence electrons. The highest BCUT2D eigenvalue weighted by Crippen LogP contribution is 2.68. The summed E-state index contributed by atoms with van der Waals surface area (Å²) in [6.07, 6.45) is 21.6. The topological polar surface area (TPSA) is 50.1 Å². The van der Waals surface area contributed by atoms with E-state index in [1.165, 1.54) is 64.2 Å². The number of imidazole rings is 1. The summed E-state index contributed by atoms with van der Waals surface area (Å²) in [5.74, 6) is 5.24. The molecule has 37 heavy (non-hydrogen) atoms. The Hall–Kier alpha value is -0.870. The van der Waals surface area contributed by atoms with Gasteiger partial charge in [0, 0.05) is 25.0 Å². The van der Waals surface area contributed by atoms with Crippen molar-refractivity contribution in [2.24, 2.45) is 52.3 Å². The van der Waals surface area contributed by atoms with Gasteiger partial charge in [-0.25, -0.2) is 4.98 Å². The molecule has 0 spiro atoms. The van der Waals surface area contributed by atoms with Gasteiger partial charge in [-0.2, -0.15) is 0 Å². The largest absolute Gasteiger partial charge is 0.393 e. The molecule has 1 aromatic heterocycles. The van der Waals surface area contributed by atoms with E-state index in [1.807, 2.05) is 12.5 Å². The van der Waals surface area contributed by atoms with Gasteiger partial charge in [-0.05, 0) is 117 Å². The number of aliphatic hydroxyl groups is 1. The monoisotopic (exact) mass is 511 g/mol. The van der Waals surface area contributed by atoms with Crippen LogP contribution >= 0.6 is 0 Å². The van der Waals surface area contributed by atoms with E-state index in [-0.39, 0.29) is 6.10 Å². The van der Waals surface area contributed by atoms with Crippen molar-refractivity contribution >= 4 is 0 Å². The molecule has 4 unspecified atom stereocenters. The molecule has 1 heterocycles. The summed E-state index contributed by atoms with van der Waals surface area (Å²) in [5.41, 5.74) is 0.887. The van der Waals surface area contributed by atoms with Gasteiger partial charge in [-0.15, -0.1) is 0 Å². The van der Waals surface area contributed by atoms with E-state index in [9.17, 15) is 5.11 Å². The standard InChI is InChI=1S/C33H57N3O/c1-23(2)8-6-9-24(3)27-10-11-28-31-29(13-15-33(27,28)5)32(4)14-12-26(20-25(32)21-30(31)37)35-16-7-18-36-19-17-34-22-36/h17,19,22-31,35,37H,6-16,18,20-21H2,1-5H3/t24-,25-,26+,27?,28?,29?,30-,31?,32+,33-/m1/s1. The quantitative estimate of drug-likeness (QED) is 0.323. The average molecular weight is 512 g/mol. The van der Waals surface area contributed by atoms with Gasteiger partial charge in [0.05, 0.1) is 12.4 Å². The minimum Gasteiger partial charge on any atom is -0.393 e. The summed E-state index contributed by atoms with van der Waals surface area (Å²) in [6.45, 7) is 14.7. The molecular weight excluding hydrogens is 454 g/mol. The van der Waals surface area contributed by atoms with Crippen LogP contribution in [-0.2, 0) is 6.54 Å². The molecule has 4 aliphatic carbocycles. The average Bonchev–Trinajstić information content (AvgIpc) is 3.49. The second kappa shape index (κ2) is 11.3. The molecule has 0 radical (unpaired) electrons. The van der Waals surface area contributed by atoms with Crippen molar-refractivity contribution < 1.29 is 5.11 Å².